The van der Waals surface area contributed by atoms with E-state index in [1.807, 2.05) is 23.7 Å². The molecule has 1 atom stereocenters. The normalized spacial score (nSPS) is 12.7. The minimum Gasteiger partial charge on any atom is -0.324 e. The highest BCUT2D eigenvalue weighted by atomic mass is 15.3. The first-order valence-corrected chi connectivity index (χ1v) is 6.60. The summed E-state index contributed by atoms with van der Waals surface area (Å²) in [6, 6.07) is 10.4. The van der Waals surface area contributed by atoms with Gasteiger partial charge in [0.2, 0.25) is 0 Å². The van der Waals surface area contributed by atoms with Gasteiger partial charge in [0, 0.05) is 11.7 Å². The minimum absolute atomic E-state index is 0.0141. The van der Waals surface area contributed by atoms with Crippen molar-refractivity contribution < 1.29 is 0 Å². The molecule has 0 saturated carbocycles. The number of para-hydroxylation sites is 1. The lowest BCUT2D eigenvalue weighted by atomic mass is 10.1. The molecule has 0 fully saturated rings. The standard InChI is InChI=1S/C15H21N3/c1-4-12-10-13(5-2)18(17-12)15-9-7-6-8-14(15)11(3)16/h6-11H,4-5,16H2,1-3H3/t11-/m1/s1. The van der Waals surface area contributed by atoms with Crippen molar-refractivity contribution in [2.24, 2.45) is 5.73 Å². The van der Waals surface area contributed by atoms with Gasteiger partial charge in [-0.05, 0) is 37.5 Å². The largest absolute Gasteiger partial charge is 0.324 e. The number of nitrogens with zero attached hydrogens (tertiary/aromatic N) is 2. The lowest BCUT2D eigenvalue weighted by Gasteiger charge is -2.14. The number of hydrogen-bond donors (Lipinski definition) is 1. The van der Waals surface area contributed by atoms with Crippen molar-refractivity contribution in [1.29, 1.82) is 0 Å². The van der Waals surface area contributed by atoms with E-state index in [-0.39, 0.29) is 6.04 Å². The zero-order valence-corrected chi connectivity index (χ0v) is 11.4. The first-order chi connectivity index (χ1) is 8.67. The van der Waals surface area contributed by atoms with Gasteiger partial charge in [-0.1, -0.05) is 32.0 Å². The number of hydrogen-bond acceptors (Lipinski definition) is 2. The predicted molar refractivity (Wildman–Crippen MR) is 74.9 cm³/mol. The van der Waals surface area contributed by atoms with Gasteiger partial charge in [-0.15, -0.1) is 0 Å². The van der Waals surface area contributed by atoms with Crippen LogP contribution in [0, 0.1) is 0 Å². The summed E-state index contributed by atoms with van der Waals surface area (Å²) >= 11 is 0. The second-order valence-corrected chi connectivity index (χ2v) is 4.59. The average molecular weight is 243 g/mol. The summed E-state index contributed by atoms with van der Waals surface area (Å²) < 4.78 is 2.04. The maximum atomic E-state index is 6.04. The van der Waals surface area contributed by atoms with Crippen LogP contribution >= 0.6 is 0 Å². The summed E-state index contributed by atoms with van der Waals surface area (Å²) in [5, 5.41) is 4.67. The maximum Gasteiger partial charge on any atom is 0.0696 e. The zero-order chi connectivity index (χ0) is 13.1. The van der Waals surface area contributed by atoms with Gasteiger partial charge in [0.1, 0.15) is 0 Å². The van der Waals surface area contributed by atoms with E-state index in [2.05, 4.69) is 37.1 Å². The summed E-state index contributed by atoms with van der Waals surface area (Å²) in [5.74, 6) is 0. The van der Waals surface area contributed by atoms with Gasteiger partial charge in [-0.25, -0.2) is 4.68 Å². The third-order valence-corrected chi connectivity index (χ3v) is 3.21. The van der Waals surface area contributed by atoms with E-state index in [0.717, 1.165) is 29.8 Å². The fourth-order valence-electron chi connectivity index (χ4n) is 2.17. The van der Waals surface area contributed by atoms with Crippen molar-refractivity contribution >= 4 is 0 Å². The van der Waals surface area contributed by atoms with Crippen molar-refractivity contribution in [2.75, 3.05) is 0 Å². The zero-order valence-electron chi connectivity index (χ0n) is 11.4. The highest BCUT2D eigenvalue weighted by molar-refractivity contribution is 5.43. The van der Waals surface area contributed by atoms with Gasteiger partial charge >= 0.3 is 0 Å². The molecule has 0 bridgehead atoms. The van der Waals surface area contributed by atoms with E-state index in [1.54, 1.807) is 0 Å². The fourth-order valence-corrected chi connectivity index (χ4v) is 2.17. The van der Waals surface area contributed by atoms with E-state index >= 15 is 0 Å². The van der Waals surface area contributed by atoms with Crippen molar-refractivity contribution in [3.8, 4) is 5.69 Å². The van der Waals surface area contributed by atoms with Crippen LogP contribution in [0.2, 0.25) is 0 Å². The Morgan fingerprint density at radius 3 is 2.56 bits per heavy atom. The number of benzene rings is 1. The Hall–Kier alpha value is -1.61. The van der Waals surface area contributed by atoms with Gasteiger partial charge in [-0.2, -0.15) is 5.10 Å². The van der Waals surface area contributed by atoms with Gasteiger partial charge < -0.3 is 5.73 Å². The molecule has 0 amide bonds. The van der Waals surface area contributed by atoms with E-state index < -0.39 is 0 Å². The first-order valence-electron chi connectivity index (χ1n) is 6.60. The molecule has 0 aliphatic carbocycles. The molecule has 2 rings (SSSR count). The quantitative estimate of drug-likeness (QED) is 0.897. The summed E-state index contributed by atoms with van der Waals surface area (Å²) in [6.07, 6.45) is 1.93. The van der Waals surface area contributed by atoms with Crippen LogP contribution < -0.4 is 5.73 Å². The highest BCUT2D eigenvalue weighted by Gasteiger charge is 2.12. The smallest absolute Gasteiger partial charge is 0.0696 e. The molecule has 0 spiro atoms. The van der Waals surface area contributed by atoms with Crippen LogP contribution in [-0.4, -0.2) is 9.78 Å². The second-order valence-electron chi connectivity index (χ2n) is 4.59. The van der Waals surface area contributed by atoms with Crippen LogP contribution in [0.5, 0.6) is 0 Å². The highest BCUT2D eigenvalue weighted by Crippen LogP contribution is 2.22. The molecule has 1 aromatic heterocycles. The number of aromatic nitrogens is 2. The Bertz CT molecular complexity index is 526. The van der Waals surface area contributed by atoms with Crippen molar-refractivity contribution in [3.63, 3.8) is 0 Å². The van der Waals surface area contributed by atoms with E-state index in [0.29, 0.717) is 0 Å². The Kier molecular flexibility index (Phi) is 3.82. The Morgan fingerprint density at radius 2 is 1.94 bits per heavy atom. The van der Waals surface area contributed by atoms with Crippen molar-refractivity contribution in [2.45, 2.75) is 39.7 Å². The average Bonchev–Trinajstić information content (AvgIpc) is 2.81. The van der Waals surface area contributed by atoms with E-state index in [9.17, 15) is 0 Å². The van der Waals surface area contributed by atoms with Crippen LogP contribution in [0.25, 0.3) is 5.69 Å². The second kappa shape index (κ2) is 5.36. The third-order valence-electron chi connectivity index (χ3n) is 3.21. The SMILES string of the molecule is CCc1cc(CC)n(-c2ccccc2[C@@H](C)N)n1. The van der Waals surface area contributed by atoms with Crippen LogP contribution in [0.4, 0.5) is 0 Å². The van der Waals surface area contributed by atoms with Crippen LogP contribution in [0.1, 0.15) is 43.8 Å². The lowest BCUT2D eigenvalue weighted by molar-refractivity contribution is 0.750. The molecule has 2 N–H and O–H groups in total. The van der Waals surface area contributed by atoms with Crippen molar-refractivity contribution in [3.05, 3.63) is 47.3 Å². The molecule has 1 heterocycles. The summed E-state index contributed by atoms with van der Waals surface area (Å²) in [6.45, 7) is 6.29. The summed E-state index contributed by atoms with van der Waals surface area (Å²) in [5.41, 5.74) is 10.6. The molecule has 0 aliphatic heterocycles. The third kappa shape index (κ3) is 2.31. The Labute approximate surface area is 109 Å². The molecule has 96 valence electrons. The number of rotatable bonds is 4. The van der Waals surface area contributed by atoms with Gasteiger partial charge in [-0.3, -0.25) is 0 Å². The molecular weight excluding hydrogens is 222 g/mol. The monoisotopic (exact) mass is 243 g/mol. The summed E-state index contributed by atoms with van der Waals surface area (Å²) in [7, 11) is 0. The topological polar surface area (TPSA) is 43.8 Å². The van der Waals surface area contributed by atoms with Crippen LogP contribution in [-0.2, 0) is 12.8 Å². The number of aryl methyl sites for hydroxylation is 2. The van der Waals surface area contributed by atoms with E-state index in [4.69, 9.17) is 5.73 Å². The molecule has 3 nitrogen and oxygen atoms in total. The molecular formula is C15H21N3. The van der Waals surface area contributed by atoms with Gasteiger partial charge in [0.05, 0.1) is 11.4 Å². The predicted octanol–water partition coefficient (Wildman–Crippen LogP) is 3.02. The first kappa shape index (κ1) is 12.8. The molecule has 0 aliphatic rings. The van der Waals surface area contributed by atoms with Crippen LogP contribution in [0.3, 0.4) is 0 Å². The van der Waals surface area contributed by atoms with Gasteiger partial charge in [0.15, 0.2) is 0 Å². The molecule has 18 heavy (non-hydrogen) atoms. The summed E-state index contributed by atoms with van der Waals surface area (Å²) in [4.78, 5) is 0. The molecule has 0 saturated heterocycles. The Morgan fingerprint density at radius 1 is 1.22 bits per heavy atom. The molecule has 0 radical (unpaired) electrons. The minimum atomic E-state index is 0.0141. The molecule has 2 aromatic rings. The lowest BCUT2D eigenvalue weighted by Crippen LogP contribution is -2.11. The molecule has 3 heteroatoms. The molecule has 1 aromatic carbocycles. The van der Waals surface area contributed by atoms with E-state index in [1.165, 1.54) is 5.69 Å². The maximum absolute atomic E-state index is 6.04. The Balaban J connectivity index is 2.57. The van der Waals surface area contributed by atoms with Crippen LogP contribution in [0.15, 0.2) is 30.3 Å². The number of nitrogens with two attached hydrogens (primary N) is 1. The van der Waals surface area contributed by atoms with Crippen molar-refractivity contribution in [1.82, 2.24) is 9.78 Å². The molecule has 0 unspecified atom stereocenters. The fraction of sp³-hybridized carbons (Fsp3) is 0.400. The van der Waals surface area contributed by atoms with Gasteiger partial charge in [0.25, 0.3) is 0 Å².